The Balaban J connectivity index is 1.64. The minimum absolute atomic E-state index is 0.329. The van der Waals surface area contributed by atoms with Gasteiger partial charge in [0, 0.05) is 11.4 Å². The number of anilines is 2. The summed E-state index contributed by atoms with van der Waals surface area (Å²) in [7, 11) is 0. The van der Waals surface area contributed by atoms with Crippen molar-refractivity contribution >= 4 is 17.5 Å². The summed E-state index contributed by atoms with van der Waals surface area (Å²) in [5.41, 5.74) is 19.3. The molecule has 0 fully saturated rings. The van der Waals surface area contributed by atoms with E-state index in [0.717, 1.165) is 11.1 Å². The molecule has 7 heteroatoms. The number of hydroxylamine groups is 2. The summed E-state index contributed by atoms with van der Waals surface area (Å²) in [6.45, 7) is 0.657. The number of nitrogens with one attached hydrogen (secondary N) is 2. The third-order valence-electron chi connectivity index (χ3n) is 2.77. The van der Waals surface area contributed by atoms with Gasteiger partial charge in [-0.25, -0.2) is 0 Å². The molecule has 0 aromatic heterocycles. The van der Waals surface area contributed by atoms with Crippen molar-refractivity contribution in [2.45, 2.75) is 13.1 Å². The third-order valence-corrected chi connectivity index (χ3v) is 2.77. The monoisotopic (exact) mass is 302 g/mol. The fourth-order valence-electron chi connectivity index (χ4n) is 1.78. The maximum Gasteiger partial charge on any atom is 0.547 e. The zero-order chi connectivity index (χ0) is 15.8. The van der Waals surface area contributed by atoms with Crippen molar-refractivity contribution in [2.24, 2.45) is 0 Å². The van der Waals surface area contributed by atoms with E-state index >= 15 is 0 Å². The molecule has 0 saturated carbocycles. The van der Waals surface area contributed by atoms with Gasteiger partial charge in [0.25, 0.3) is 0 Å². The van der Waals surface area contributed by atoms with E-state index in [2.05, 4.69) is 11.0 Å². The third kappa shape index (κ3) is 5.31. The first-order valence-corrected chi connectivity index (χ1v) is 6.65. The fraction of sp³-hybridized carbons (Fsp3) is 0.133. The molecule has 0 radical (unpaired) electrons. The normalized spacial score (nSPS) is 10.2. The van der Waals surface area contributed by atoms with Gasteiger partial charge < -0.3 is 21.1 Å². The van der Waals surface area contributed by atoms with Crippen LogP contribution in [0.15, 0.2) is 48.5 Å². The Labute approximate surface area is 128 Å². The maximum absolute atomic E-state index is 11.3. The van der Waals surface area contributed by atoms with Crippen LogP contribution in [-0.4, -0.2) is 6.16 Å². The predicted molar refractivity (Wildman–Crippen MR) is 83.0 cm³/mol. The number of nitrogens with two attached hydrogens (primary N) is 2. The predicted octanol–water partition coefficient (Wildman–Crippen LogP) is 1.71. The zero-order valence-electron chi connectivity index (χ0n) is 11.9. The average Bonchev–Trinajstić information content (AvgIpc) is 2.47. The zero-order valence-corrected chi connectivity index (χ0v) is 11.9. The molecule has 0 aliphatic rings. The van der Waals surface area contributed by atoms with Crippen LogP contribution in [0.3, 0.4) is 0 Å². The van der Waals surface area contributed by atoms with Crippen molar-refractivity contribution < 1.29 is 14.5 Å². The summed E-state index contributed by atoms with van der Waals surface area (Å²) >= 11 is 0. The number of rotatable bonds is 6. The molecule has 0 heterocycles. The van der Waals surface area contributed by atoms with Crippen LogP contribution in [0, 0.1) is 0 Å². The molecule has 7 nitrogen and oxygen atoms in total. The highest BCUT2D eigenvalue weighted by Crippen LogP contribution is 2.06. The van der Waals surface area contributed by atoms with E-state index in [9.17, 15) is 4.79 Å². The Morgan fingerprint density at radius 3 is 1.73 bits per heavy atom. The van der Waals surface area contributed by atoms with E-state index in [1.165, 1.54) is 0 Å². The first-order chi connectivity index (χ1) is 10.6. The van der Waals surface area contributed by atoms with Crippen LogP contribution in [0.5, 0.6) is 0 Å². The first-order valence-electron chi connectivity index (χ1n) is 6.65. The SMILES string of the molecule is Nc1cccc(CNOC(=O)ONCc2cccc(N)c2)c1. The highest BCUT2D eigenvalue weighted by atomic mass is 16.9. The van der Waals surface area contributed by atoms with Gasteiger partial charge in [-0.05, 0) is 35.4 Å². The molecular weight excluding hydrogens is 284 g/mol. The van der Waals surface area contributed by atoms with Gasteiger partial charge in [0.2, 0.25) is 0 Å². The van der Waals surface area contributed by atoms with Crippen LogP contribution in [0.2, 0.25) is 0 Å². The van der Waals surface area contributed by atoms with E-state index in [1.807, 2.05) is 24.3 Å². The van der Waals surface area contributed by atoms with Gasteiger partial charge in [0.05, 0.1) is 13.1 Å². The minimum Gasteiger partial charge on any atom is -0.399 e. The molecule has 0 bridgehead atoms. The molecule has 0 atom stereocenters. The van der Waals surface area contributed by atoms with Gasteiger partial charge in [-0.15, -0.1) is 11.0 Å². The molecule has 0 aliphatic carbocycles. The van der Waals surface area contributed by atoms with Crippen LogP contribution < -0.4 is 22.4 Å². The van der Waals surface area contributed by atoms with E-state index in [-0.39, 0.29) is 0 Å². The Bertz CT molecular complexity index is 580. The van der Waals surface area contributed by atoms with Crippen LogP contribution >= 0.6 is 0 Å². The van der Waals surface area contributed by atoms with Crippen molar-refractivity contribution in [2.75, 3.05) is 11.5 Å². The highest BCUT2D eigenvalue weighted by Gasteiger charge is 2.04. The summed E-state index contributed by atoms with van der Waals surface area (Å²) in [6, 6.07) is 14.5. The Kier molecular flexibility index (Phi) is 5.58. The Morgan fingerprint density at radius 2 is 1.32 bits per heavy atom. The lowest BCUT2D eigenvalue weighted by molar-refractivity contribution is -0.0172. The highest BCUT2D eigenvalue weighted by molar-refractivity contribution is 5.59. The molecule has 0 unspecified atom stereocenters. The van der Waals surface area contributed by atoms with Gasteiger partial charge in [0.15, 0.2) is 0 Å². The lowest BCUT2D eigenvalue weighted by Gasteiger charge is -2.08. The van der Waals surface area contributed by atoms with Crippen molar-refractivity contribution in [3.05, 3.63) is 59.7 Å². The molecule has 116 valence electrons. The second kappa shape index (κ2) is 7.87. The molecule has 6 N–H and O–H groups in total. The Hall–Kier alpha value is -2.77. The van der Waals surface area contributed by atoms with Gasteiger partial charge in [0.1, 0.15) is 0 Å². The van der Waals surface area contributed by atoms with Crippen molar-refractivity contribution in [3.63, 3.8) is 0 Å². The van der Waals surface area contributed by atoms with Gasteiger partial charge in [-0.2, -0.15) is 4.79 Å². The van der Waals surface area contributed by atoms with Crippen LogP contribution in [0.4, 0.5) is 16.2 Å². The molecule has 0 spiro atoms. The van der Waals surface area contributed by atoms with E-state index in [4.69, 9.17) is 21.1 Å². The quantitative estimate of drug-likeness (QED) is 0.475. The number of carbonyl (C=O) groups is 1. The molecule has 22 heavy (non-hydrogen) atoms. The lowest BCUT2D eigenvalue weighted by atomic mass is 10.2. The lowest BCUT2D eigenvalue weighted by Crippen LogP contribution is -2.26. The van der Waals surface area contributed by atoms with Crippen molar-refractivity contribution in [3.8, 4) is 0 Å². The average molecular weight is 302 g/mol. The van der Waals surface area contributed by atoms with Gasteiger partial charge in [-0.3, -0.25) is 0 Å². The second-order valence-corrected chi connectivity index (χ2v) is 4.59. The van der Waals surface area contributed by atoms with E-state index in [0.29, 0.717) is 24.5 Å². The van der Waals surface area contributed by atoms with Crippen molar-refractivity contribution in [1.82, 2.24) is 11.0 Å². The molecule has 0 aliphatic heterocycles. The fourth-order valence-corrected chi connectivity index (χ4v) is 1.78. The molecule has 0 saturated heterocycles. The summed E-state index contributed by atoms with van der Waals surface area (Å²) in [5.74, 6) is 0. The molecule has 2 rings (SSSR count). The first kappa shape index (κ1) is 15.6. The number of hydrogen-bond donors (Lipinski definition) is 4. The number of carbonyl (C=O) groups excluding carboxylic acids is 1. The van der Waals surface area contributed by atoms with Crippen LogP contribution in [0.25, 0.3) is 0 Å². The maximum atomic E-state index is 11.3. The van der Waals surface area contributed by atoms with Crippen LogP contribution in [0.1, 0.15) is 11.1 Å². The van der Waals surface area contributed by atoms with E-state index < -0.39 is 6.16 Å². The largest absolute Gasteiger partial charge is 0.547 e. The van der Waals surface area contributed by atoms with Crippen molar-refractivity contribution in [1.29, 1.82) is 0 Å². The van der Waals surface area contributed by atoms with Crippen LogP contribution in [-0.2, 0) is 22.8 Å². The number of nitrogen functional groups attached to an aromatic ring is 2. The standard InChI is InChI=1S/C15H18N4O3/c16-13-5-1-3-11(7-13)9-18-21-15(20)22-19-10-12-4-2-6-14(17)8-12/h1-8,18-19H,9-10,16-17H2. The van der Waals surface area contributed by atoms with Gasteiger partial charge in [-0.1, -0.05) is 24.3 Å². The summed E-state index contributed by atoms with van der Waals surface area (Å²) in [5, 5.41) is 0. The number of benzene rings is 2. The molecule has 2 aromatic carbocycles. The van der Waals surface area contributed by atoms with E-state index in [1.54, 1.807) is 24.3 Å². The number of hydrogen-bond acceptors (Lipinski definition) is 7. The second-order valence-electron chi connectivity index (χ2n) is 4.59. The summed E-state index contributed by atoms with van der Waals surface area (Å²) in [6.07, 6.45) is -0.882. The Morgan fingerprint density at radius 1 is 0.864 bits per heavy atom. The minimum atomic E-state index is -0.882. The van der Waals surface area contributed by atoms with Gasteiger partial charge >= 0.3 is 6.16 Å². The summed E-state index contributed by atoms with van der Waals surface area (Å²) in [4.78, 5) is 20.8. The summed E-state index contributed by atoms with van der Waals surface area (Å²) < 4.78 is 0. The molecule has 0 amide bonds. The topological polar surface area (TPSA) is 112 Å². The molecular formula is C15H18N4O3. The molecule has 2 aromatic rings. The smallest absolute Gasteiger partial charge is 0.399 e.